The predicted octanol–water partition coefficient (Wildman–Crippen LogP) is 19.1. The average molecular weight is 1270 g/mol. The van der Waals surface area contributed by atoms with Crippen LogP contribution in [-0.2, 0) is 65.4 Å². The first-order valence-corrected chi connectivity index (χ1v) is 38.3. The predicted molar refractivity (Wildman–Crippen MR) is 345 cm³/mol. The molecule has 0 aromatic carbocycles. The lowest BCUT2D eigenvalue weighted by Crippen LogP contribution is -2.30. The number of aliphatic hydroxyl groups is 1. The molecule has 17 nitrogen and oxygen atoms in total. The van der Waals surface area contributed by atoms with E-state index >= 15 is 0 Å². The van der Waals surface area contributed by atoms with Gasteiger partial charge in [-0.2, -0.15) is 0 Å². The summed E-state index contributed by atoms with van der Waals surface area (Å²) in [5, 5.41) is 10.5. The zero-order chi connectivity index (χ0) is 63.3. The van der Waals surface area contributed by atoms with Gasteiger partial charge in [-0.1, -0.05) is 297 Å². The highest BCUT2D eigenvalue weighted by Crippen LogP contribution is 2.45. The second-order valence-corrected chi connectivity index (χ2v) is 27.1. The highest BCUT2D eigenvalue weighted by atomic mass is 31.2. The topological polar surface area (TPSA) is 237 Å². The van der Waals surface area contributed by atoms with Crippen LogP contribution >= 0.6 is 15.6 Å². The zero-order valence-corrected chi connectivity index (χ0v) is 57.1. The molecule has 0 aromatic heterocycles. The molecule has 0 bridgehead atoms. The van der Waals surface area contributed by atoms with Crippen molar-refractivity contribution in [3.05, 3.63) is 0 Å². The number of carbonyl (C=O) groups excluding carboxylic acids is 4. The Kier molecular flexibility index (Phi) is 60.5. The number of unbranched alkanes of at least 4 members (excludes halogenated alkanes) is 42. The number of esters is 4. The number of carbonyl (C=O) groups is 4. The molecule has 0 aliphatic carbocycles. The molecule has 0 aliphatic heterocycles. The smallest absolute Gasteiger partial charge is 0.462 e. The number of rotatable bonds is 68. The number of phosphoric ester groups is 2. The van der Waals surface area contributed by atoms with Crippen molar-refractivity contribution in [2.24, 2.45) is 0 Å². The Morgan fingerprint density at radius 1 is 0.279 bits per heavy atom. The van der Waals surface area contributed by atoms with Crippen LogP contribution in [0.2, 0.25) is 0 Å². The Morgan fingerprint density at radius 2 is 0.465 bits per heavy atom. The zero-order valence-electron chi connectivity index (χ0n) is 55.3. The van der Waals surface area contributed by atoms with Gasteiger partial charge < -0.3 is 33.8 Å². The van der Waals surface area contributed by atoms with Gasteiger partial charge >= 0.3 is 39.5 Å². The lowest BCUT2D eigenvalue weighted by atomic mass is 10.0. The normalized spacial score (nSPS) is 14.1. The van der Waals surface area contributed by atoms with E-state index in [4.69, 9.17) is 37.0 Å². The van der Waals surface area contributed by atoms with Crippen LogP contribution in [0, 0.1) is 0 Å². The third-order valence-corrected chi connectivity index (χ3v) is 17.5. The minimum absolute atomic E-state index is 0.107. The van der Waals surface area contributed by atoms with E-state index in [-0.39, 0.29) is 25.7 Å². The fraction of sp³-hybridized carbons (Fsp3) is 0.940. The minimum atomic E-state index is -4.95. The maximum atomic E-state index is 13.0. The van der Waals surface area contributed by atoms with Crippen molar-refractivity contribution in [2.75, 3.05) is 39.6 Å². The molecule has 5 atom stereocenters. The highest BCUT2D eigenvalue weighted by molar-refractivity contribution is 7.47. The van der Waals surface area contributed by atoms with E-state index in [1.54, 1.807) is 0 Å². The van der Waals surface area contributed by atoms with Gasteiger partial charge in [0.2, 0.25) is 0 Å². The van der Waals surface area contributed by atoms with Gasteiger partial charge in [-0.25, -0.2) is 9.13 Å². The van der Waals surface area contributed by atoms with Crippen LogP contribution in [0.4, 0.5) is 0 Å². The van der Waals surface area contributed by atoms with Crippen molar-refractivity contribution in [3.8, 4) is 0 Å². The van der Waals surface area contributed by atoms with Crippen molar-refractivity contribution >= 4 is 39.5 Å². The Labute approximate surface area is 524 Å². The number of phosphoric acid groups is 2. The molecule has 0 rings (SSSR count). The van der Waals surface area contributed by atoms with Crippen molar-refractivity contribution in [1.82, 2.24) is 0 Å². The summed E-state index contributed by atoms with van der Waals surface area (Å²) in [6, 6.07) is 0. The van der Waals surface area contributed by atoms with E-state index in [0.717, 1.165) is 103 Å². The molecule has 86 heavy (non-hydrogen) atoms. The molecule has 0 saturated heterocycles. The Hall–Kier alpha value is -1.94. The van der Waals surface area contributed by atoms with Crippen LogP contribution in [-0.4, -0.2) is 96.7 Å². The van der Waals surface area contributed by atoms with Gasteiger partial charge in [0, 0.05) is 25.7 Å². The third kappa shape index (κ3) is 60.9. The quantitative estimate of drug-likeness (QED) is 0.0222. The van der Waals surface area contributed by atoms with Crippen LogP contribution in [0.3, 0.4) is 0 Å². The number of hydrogen-bond donors (Lipinski definition) is 3. The molecular weight excluding hydrogens is 1140 g/mol. The lowest BCUT2D eigenvalue weighted by molar-refractivity contribution is -0.161. The molecule has 0 aliphatic rings. The van der Waals surface area contributed by atoms with E-state index < -0.39 is 97.5 Å². The molecule has 0 heterocycles. The van der Waals surface area contributed by atoms with E-state index in [0.29, 0.717) is 25.7 Å². The molecule has 0 radical (unpaired) electrons. The summed E-state index contributed by atoms with van der Waals surface area (Å²) in [4.78, 5) is 72.3. The van der Waals surface area contributed by atoms with Gasteiger partial charge in [0.25, 0.3) is 0 Å². The molecule has 0 aromatic rings. The molecule has 510 valence electrons. The second-order valence-electron chi connectivity index (χ2n) is 24.2. The SMILES string of the molecule is CCCCCCCCCCCCCCCCCCC(=O)O[C@H](COC(=O)CCCCCCCCCCCCCC)COP(=O)(O)OC[C@@H](O)COP(=O)(O)OC[C@@H](COC(=O)CCCCCCCCC)OC(=O)CCCCCCCCCCCCC. The van der Waals surface area contributed by atoms with Crippen molar-refractivity contribution in [2.45, 2.75) is 367 Å². The van der Waals surface area contributed by atoms with Gasteiger partial charge in [-0.05, 0) is 25.7 Å². The summed E-state index contributed by atoms with van der Waals surface area (Å²) in [6.07, 6.45) is 48.6. The van der Waals surface area contributed by atoms with Gasteiger partial charge in [0.1, 0.15) is 19.3 Å². The first-order chi connectivity index (χ1) is 41.7. The molecule has 19 heteroatoms. The van der Waals surface area contributed by atoms with Crippen LogP contribution in [0.1, 0.15) is 349 Å². The third-order valence-electron chi connectivity index (χ3n) is 15.6. The Balaban J connectivity index is 5.20. The maximum Gasteiger partial charge on any atom is 0.472 e. The summed E-state index contributed by atoms with van der Waals surface area (Å²) in [5.74, 6) is -2.13. The number of hydrogen-bond acceptors (Lipinski definition) is 15. The molecule has 0 fully saturated rings. The summed E-state index contributed by atoms with van der Waals surface area (Å²) in [7, 11) is -9.89. The molecular formula is C67H130O17P2. The fourth-order valence-corrected chi connectivity index (χ4v) is 11.7. The van der Waals surface area contributed by atoms with Crippen molar-refractivity contribution in [3.63, 3.8) is 0 Å². The summed E-state index contributed by atoms with van der Waals surface area (Å²) in [5.41, 5.74) is 0. The van der Waals surface area contributed by atoms with Gasteiger partial charge in [0.15, 0.2) is 12.2 Å². The standard InChI is InChI=1S/C67H130O17P2/c1-5-9-13-17-21-24-27-29-30-31-32-35-38-42-46-50-54-67(72)84-63(58-78-65(70)52-48-44-40-36-34-28-25-22-18-14-10-6-2)60-82-86(75,76)80-56-61(68)55-79-85(73,74)81-59-62(57-77-64(69)51-47-43-39-20-16-12-8-4)83-66(71)53-49-45-41-37-33-26-23-19-15-11-7-3/h61-63,68H,5-60H2,1-4H3,(H,73,74)(H,75,76)/t61-,62+,63+/m0/s1. The number of aliphatic hydroxyl groups excluding tert-OH is 1. The van der Waals surface area contributed by atoms with Gasteiger partial charge in [-0.3, -0.25) is 37.3 Å². The molecule has 3 N–H and O–H groups in total. The van der Waals surface area contributed by atoms with Gasteiger partial charge in [0.05, 0.1) is 26.4 Å². The first kappa shape index (κ1) is 84.1. The first-order valence-electron chi connectivity index (χ1n) is 35.3. The second kappa shape index (κ2) is 61.9. The molecule has 0 spiro atoms. The van der Waals surface area contributed by atoms with Crippen molar-refractivity contribution < 1.29 is 80.2 Å². The molecule has 0 saturated carbocycles. The molecule has 2 unspecified atom stereocenters. The van der Waals surface area contributed by atoms with E-state index in [2.05, 4.69) is 27.7 Å². The van der Waals surface area contributed by atoms with Crippen LogP contribution in [0.25, 0.3) is 0 Å². The van der Waals surface area contributed by atoms with E-state index in [1.807, 2.05) is 0 Å². The minimum Gasteiger partial charge on any atom is -0.462 e. The van der Waals surface area contributed by atoms with Crippen LogP contribution in [0.15, 0.2) is 0 Å². The van der Waals surface area contributed by atoms with E-state index in [1.165, 1.54) is 167 Å². The monoisotopic (exact) mass is 1270 g/mol. The highest BCUT2D eigenvalue weighted by Gasteiger charge is 2.30. The molecule has 0 amide bonds. The summed E-state index contributed by atoms with van der Waals surface area (Å²) in [6.45, 7) is 4.88. The maximum absolute atomic E-state index is 13.0. The number of ether oxygens (including phenoxy) is 4. The summed E-state index contributed by atoms with van der Waals surface area (Å²) >= 11 is 0. The van der Waals surface area contributed by atoms with Gasteiger partial charge in [-0.15, -0.1) is 0 Å². The largest absolute Gasteiger partial charge is 0.472 e. The van der Waals surface area contributed by atoms with Crippen LogP contribution < -0.4 is 0 Å². The lowest BCUT2D eigenvalue weighted by Gasteiger charge is -2.21. The Bertz CT molecular complexity index is 1650. The van der Waals surface area contributed by atoms with Crippen LogP contribution in [0.5, 0.6) is 0 Å². The fourth-order valence-electron chi connectivity index (χ4n) is 10.2. The average Bonchev–Trinajstić information content (AvgIpc) is 3.65. The summed E-state index contributed by atoms with van der Waals surface area (Å²) < 4.78 is 68.1. The Morgan fingerprint density at radius 3 is 0.686 bits per heavy atom. The van der Waals surface area contributed by atoms with Crippen molar-refractivity contribution in [1.29, 1.82) is 0 Å². The van der Waals surface area contributed by atoms with E-state index in [9.17, 15) is 43.2 Å².